The molecule has 9 nitrogen and oxygen atoms in total. The molecule has 1 aromatic heterocycles. The Balaban J connectivity index is 0.000000479. The molecular formula is C20H22F4N4O5. The average molecular weight is 474 g/mol. The largest absolute Gasteiger partial charge is 0.542 e. The maximum atomic E-state index is 12.9. The number of hydrogen-bond donors (Lipinski definition) is 3. The number of nitrogens with one attached hydrogen (secondary N) is 1. The second-order valence-electron chi connectivity index (χ2n) is 7.75. The Morgan fingerprint density at radius 2 is 1.85 bits per heavy atom. The van der Waals surface area contributed by atoms with Crippen LogP contribution in [0.2, 0.25) is 0 Å². The Bertz CT molecular complexity index is 1080. The van der Waals surface area contributed by atoms with Crippen LogP contribution in [-0.4, -0.2) is 39.3 Å². The summed E-state index contributed by atoms with van der Waals surface area (Å²) >= 11 is 0. The van der Waals surface area contributed by atoms with Crippen molar-refractivity contribution in [3.63, 3.8) is 0 Å². The van der Waals surface area contributed by atoms with Crippen LogP contribution in [0.25, 0.3) is 0 Å². The minimum Gasteiger partial charge on any atom is -0.542 e. The van der Waals surface area contributed by atoms with E-state index in [9.17, 15) is 32.3 Å². The number of alkyl halides is 3. The minimum atomic E-state index is -5.19. The summed E-state index contributed by atoms with van der Waals surface area (Å²) in [6.07, 6.45) is -4.42. The first-order chi connectivity index (χ1) is 15.2. The Kier molecular flexibility index (Phi) is 7.80. The number of carbonyl (C=O) groups excluding carboxylic acids is 2. The highest BCUT2D eigenvalue weighted by Gasteiger charge is 2.35. The molecular weight excluding hydrogens is 452 g/mol. The standard InChI is InChI=1S/C18H21FN4O3.C2HF3O2/c1-18(2)17-22-13(14(24)16(26)23(17)9-3-8-21-18)15(25)20-10-11-4-6-12(19)7-5-11;3-2(4,5)1(6)7/h4-7,21,24H,3,8-10H2,1-2H3,(H,20,25);(H,6,7). The van der Waals surface area contributed by atoms with Gasteiger partial charge in [-0.2, -0.15) is 13.2 Å². The van der Waals surface area contributed by atoms with Gasteiger partial charge in [0.25, 0.3) is 11.5 Å². The lowest BCUT2D eigenvalue weighted by Crippen LogP contribution is -2.93. The Morgan fingerprint density at radius 1 is 1.27 bits per heavy atom. The minimum absolute atomic E-state index is 0.133. The van der Waals surface area contributed by atoms with Crippen molar-refractivity contribution < 1.29 is 42.7 Å². The van der Waals surface area contributed by atoms with Gasteiger partial charge in [-0.05, 0) is 31.5 Å². The first-order valence-electron chi connectivity index (χ1n) is 9.73. The molecule has 1 aromatic carbocycles. The van der Waals surface area contributed by atoms with E-state index in [1.165, 1.54) is 16.7 Å². The first-order valence-corrected chi connectivity index (χ1v) is 9.73. The summed E-state index contributed by atoms with van der Waals surface area (Å²) in [6.45, 7) is 5.25. The maximum absolute atomic E-state index is 12.9. The van der Waals surface area contributed by atoms with Gasteiger partial charge in [0.15, 0.2) is 11.5 Å². The summed E-state index contributed by atoms with van der Waals surface area (Å²) in [7, 11) is 0. The molecule has 0 saturated heterocycles. The number of benzene rings is 1. The fraction of sp³-hybridized carbons (Fsp3) is 0.400. The number of nitrogens with zero attached hydrogens (tertiary/aromatic N) is 2. The molecule has 0 bridgehead atoms. The van der Waals surface area contributed by atoms with Gasteiger partial charge in [0.1, 0.15) is 17.3 Å². The molecule has 180 valence electrons. The van der Waals surface area contributed by atoms with Crippen molar-refractivity contribution in [2.45, 2.75) is 45.1 Å². The summed E-state index contributed by atoms with van der Waals surface area (Å²) in [5, 5.41) is 23.7. The lowest BCUT2D eigenvalue weighted by Gasteiger charge is -2.22. The highest BCUT2D eigenvalue weighted by atomic mass is 19.4. The molecule has 13 heteroatoms. The highest BCUT2D eigenvalue weighted by molar-refractivity contribution is 5.94. The predicted molar refractivity (Wildman–Crippen MR) is 103 cm³/mol. The monoisotopic (exact) mass is 474 g/mol. The van der Waals surface area contributed by atoms with Crippen LogP contribution in [0.1, 0.15) is 42.1 Å². The second kappa shape index (κ2) is 9.98. The van der Waals surface area contributed by atoms with E-state index >= 15 is 0 Å². The average Bonchev–Trinajstić information content (AvgIpc) is 2.87. The van der Waals surface area contributed by atoms with Crippen molar-refractivity contribution in [1.29, 1.82) is 0 Å². The fourth-order valence-electron chi connectivity index (χ4n) is 3.07. The van der Waals surface area contributed by atoms with E-state index in [-0.39, 0.29) is 18.1 Å². The van der Waals surface area contributed by atoms with Crippen LogP contribution < -0.4 is 21.3 Å². The third-order valence-corrected chi connectivity index (χ3v) is 4.78. The maximum Gasteiger partial charge on any atom is 0.430 e. The van der Waals surface area contributed by atoms with Crippen LogP contribution in [0.3, 0.4) is 0 Å². The van der Waals surface area contributed by atoms with Crippen LogP contribution in [0.5, 0.6) is 5.75 Å². The number of aromatic nitrogens is 2. The van der Waals surface area contributed by atoms with Gasteiger partial charge in [0.2, 0.25) is 5.75 Å². The molecule has 0 aliphatic carbocycles. The number of aliphatic carboxylic acids is 1. The van der Waals surface area contributed by atoms with Gasteiger partial charge in [0, 0.05) is 19.5 Å². The van der Waals surface area contributed by atoms with Gasteiger partial charge < -0.3 is 25.6 Å². The Hall–Kier alpha value is -3.48. The predicted octanol–water partition coefficient (Wildman–Crippen LogP) is -0.481. The molecule has 1 aliphatic heterocycles. The number of quaternary nitrogens is 1. The van der Waals surface area contributed by atoms with Crippen molar-refractivity contribution in [2.75, 3.05) is 6.54 Å². The SMILES string of the molecule is CC1(C)[NH2+]CCCn2c1nc(C(=O)NCc1ccc(F)cc1)c(O)c2=O.O=C([O-])C(F)(F)F. The van der Waals surface area contributed by atoms with Crippen LogP contribution in [0.4, 0.5) is 17.6 Å². The second-order valence-corrected chi connectivity index (χ2v) is 7.75. The fourth-order valence-corrected chi connectivity index (χ4v) is 3.07. The van der Waals surface area contributed by atoms with E-state index in [2.05, 4.69) is 15.6 Å². The summed E-state index contributed by atoms with van der Waals surface area (Å²) in [4.78, 5) is 38.1. The van der Waals surface area contributed by atoms with Crippen LogP contribution in [0, 0.1) is 5.82 Å². The molecule has 1 amide bonds. The van der Waals surface area contributed by atoms with E-state index in [4.69, 9.17) is 9.90 Å². The molecule has 1 aliphatic rings. The molecule has 0 spiro atoms. The molecule has 2 heterocycles. The van der Waals surface area contributed by atoms with E-state index in [1.54, 1.807) is 12.1 Å². The molecule has 33 heavy (non-hydrogen) atoms. The summed E-state index contributed by atoms with van der Waals surface area (Å²) in [5.41, 5.74) is -0.688. The van der Waals surface area contributed by atoms with Gasteiger partial charge >= 0.3 is 6.18 Å². The molecule has 0 atom stereocenters. The smallest absolute Gasteiger partial charge is 0.430 e. The van der Waals surface area contributed by atoms with Gasteiger partial charge in [-0.15, -0.1) is 0 Å². The van der Waals surface area contributed by atoms with Crippen molar-refractivity contribution in [3.05, 3.63) is 57.5 Å². The number of aromatic hydroxyl groups is 1. The number of hydrogen-bond acceptors (Lipinski definition) is 6. The zero-order valence-corrected chi connectivity index (χ0v) is 17.7. The molecule has 0 fully saturated rings. The number of rotatable bonds is 3. The van der Waals surface area contributed by atoms with Crippen molar-refractivity contribution in [1.82, 2.24) is 14.9 Å². The number of carbonyl (C=O) groups is 2. The molecule has 2 aromatic rings. The number of halogens is 4. The normalized spacial score (nSPS) is 14.8. The molecule has 0 radical (unpaired) electrons. The van der Waals surface area contributed by atoms with Crippen LogP contribution in [0.15, 0.2) is 29.1 Å². The van der Waals surface area contributed by atoms with E-state index in [1.807, 2.05) is 13.8 Å². The Labute approximate surface area is 185 Å². The topological polar surface area (TPSA) is 141 Å². The molecule has 4 N–H and O–H groups in total. The lowest BCUT2D eigenvalue weighted by atomic mass is 10.0. The van der Waals surface area contributed by atoms with Crippen molar-refractivity contribution in [3.8, 4) is 5.75 Å². The molecule has 0 unspecified atom stereocenters. The quantitative estimate of drug-likeness (QED) is 0.513. The van der Waals surface area contributed by atoms with Gasteiger partial charge in [0.05, 0.1) is 6.54 Å². The van der Waals surface area contributed by atoms with Gasteiger partial charge in [-0.1, -0.05) is 12.1 Å². The lowest BCUT2D eigenvalue weighted by molar-refractivity contribution is -0.729. The summed E-state index contributed by atoms with van der Waals surface area (Å²) in [5.74, 6) is -4.20. The number of fused-ring (bicyclic) bond motifs is 1. The third-order valence-electron chi connectivity index (χ3n) is 4.78. The number of amides is 1. The number of carboxylic acid groups (broad SMARTS) is 1. The van der Waals surface area contributed by atoms with Gasteiger partial charge in [-0.25, -0.2) is 9.37 Å². The van der Waals surface area contributed by atoms with E-state index in [0.29, 0.717) is 17.9 Å². The molecule has 3 rings (SSSR count). The zero-order valence-electron chi connectivity index (χ0n) is 17.7. The highest BCUT2D eigenvalue weighted by Crippen LogP contribution is 2.19. The number of carboxylic acids is 1. The van der Waals surface area contributed by atoms with Gasteiger partial charge in [-0.3, -0.25) is 14.2 Å². The third kappa shape index (κ3) is 6.51. The van der Waals surface area contributed by atoms with Crippen LogP contribution >= 0.6 is 0 Å². The zero-order chi connectivity index (χ0) is 25.0. The summed E-state index contributed by atoms with van der Waals surface area (Å²) in [6, 6.07) is 5.69. The van der Waals surface area contributed by atoms with Crippen molar-refractivity contribution in [2.24, 2.45) is 0 Å². The van der Waals surface area contributed by atoms with Crippen molar-refractivity contribution >= 4 is 11.9 Å². The van der Waals surface area contributed by atoms with E-state index < -0.39 is 34.9 Å². The number of nitrogens with two attached hydrogens (primary N) is 1. The summed E-state index contributed by atoms with van der Waals surface area (Å²) < 4.78 is 45.9. The van der Waals surface area contributed by atoms with E-state index in [0.717, 1.165) is 13.0 Å². The molecule has 0 saturated carbocycles. The Morgan fingerprint density at radius 3 is 2.39 bits per heavy atom. The first kappa shape index (κ1) is 25.8. The van der Waals surface area contributed by atoms with Crippen LogP contribution in [-0.2, 0) is 23.4 Å².